The summed E-state index contributed by atoms with van der Waals surface area (Å²) in [5.41, 5.74) is 0. The number of rotatable bonds is 44. The van der Waals surface area contributed by atoms with Crippen LogP contribution in [0.3, 0.4) is 0 Å². The summed E-state index contributed by atoms with van der Waals surface area (Å²) in [4.78, 5) is 34.5. The van der Waals surface area contributed by atoms with E-state index in [0.717, 1.165) is 45.6 Å². The number of phosphoric acid groups is 1. The van der Waals surface area contributed by atoms with E-state index in [1.165, 1.54) is 180 Å². The first-order valence-corrected chi connectivity index (χ1v) is 24.9. The highest BCUT2D eigenvalue weighted by atomic mass is 31.2. The summed E-state index contributed by atoms with van der Waals surface area (Å²) in [6.45, 7) is 3.92. The third-order valence-corrected chi connectivity index (χ3v) is 11.4. The van der Waals surface area contributed by atoms with Crippen LogP contribution >= 0.6 is 7.82 Å². The van der Waals surface area contributed by atoms with Crippen molar-refractivity contribution in [2.75, 3.05) is 20.3 Å². The molecule has 0 bridgehead atoms. The zero-order valence-corrected chi connectivity index (χ0v) is 37.2. The molecule has 0 fully saturated rings. The minimum absolute atomic E-state index is 0.219. The minimum Gasteiger partial charge on any atom is -0.462 e. The van der Waals surface area contributed by atoms with Crippen LogP contribution in [0.2, 0.25) is 0 Å². The number of hydrogen-bond acceptors (Lipinski definition) is 7. The normalized spacial score (nSPS) is 13.3. The van der Waals surface area contributed by atoms with Crippen LogP contribution in [-0.2, 0) is 32.7 Å². The quantitative estimate of drug-likeness (QED) is 0.0281. The van der Waals surface area contributed by atoms with Gasteiger partial charge < -0.3 is 14.4 Å². The Labute approximate surface area is 340 Å². The largest absolute Gasteiger partial charge is 0.472 e. The van der Waals surface area contributed by atoms with E-state index in [1.807, 2.05) is 0 Å². The zero-order valence-electron chi connectivity index (χ0n) is 36.4. The van der Waals surface area contributed by atoms with Crippen molar-refractivity contribution in [1.29, 1.82) is 0 Å². The van der Waals surface area contributed by atoms with Crippen LogP contribution in [0.1, 0.15) is 245 Å². The van der Waals surface area contributed by atoms with Gasteiger partial charge in [-0.1, -0.05) is 206 Å². The molecule has 326 valence electrons. The summed E-state index contributed by atoms with van der Waals surface area (Å²) >= 11 is 0. The molecular weight excluding hydrogens is 711 g/mol. The molecule has 0 amide bonds. The second-order valence-electron chi connectivity index (χ2n) is 15.9. The lowest BCUT2D eigenvalue weighted by atomic mass is 10.0. The molecule has 0 aliphatic carbocycles. The molecule has 0 heterocycles. The van der Waals surface area contributed by atoms with Gasteiger partial charge in [-0.15, -0.1) is 0 Å². The van der Waals surface area contributed by atoms with Crippen LogP contribution in [0, 0.1) is 0 Å². The van der Waals surface area contributed by atoms with Crippen molar-refractivity contribution in [3.63, 3.8) is 0 Å². The van der Waals surface area contributed by atoms with E-state index in [-0.39, 0.29) is 19.0 Å². The summed E-state index contributed by atoms with van der Waals surface area (Å²) in [6, 6.07) is 0. The van der Waals surface area contributed by atoms with Gasteiger partial charge in [0, 0.05) is 20.0 Å². The van der Waals surface area contributed by atoms with Gasteiger partial charge in [0.25, 0.3) is 0 Å². The second-order valence-corrected chi connectivity index (χ2v) is 17.5. The van der Waals surface area contributed by atoms with E-state index < -0.39 is 26.5 Å². The molecule has 0 aromatic heterocycles. The van der Waals surface area contributed by atoms with Gasteiger partial charge in [0.2, 0.25) is 0 Å². The molecule has 0 saturated carbocycles. The van der Waals surface area contributed by atoms with Gasteiger partial charge in [-0.25, -0.2) is 4.57 Å². The number of phosphoric ester groups is 1. The van der Waals surface area contributed by atoms with Crippen molar-refractivity contribution >= 4 is 19.8 Å². The summed E-state index contributed by atoms with van der Waals surface area (Å²) < 4.78 is 32.0. The second kappa shape index (κ2) is 42.4. The molecule has 2 unspecified atom stereocenters. The maximum Gasteiger partial charge on any atom is 0.472 e. The van der Waals surface area contributed by atoms with Crippen molar-refractivity contribution in [2.24, 2.45) is 0 Å². The molecule has 55 heavy (non-hydrogen) atoms. The Morgan fingerprint density at radius 1 is 0.491 bits per heavy atom. The van der Waals surface area contributed by atoms with Gasteiger partial charge in [0.15, 0.2) is 6.10 Å². The monoisotopic (exact) mass is 801 g/mol. The third kappa shape index (κ3) is 42.2. The molecule has 0 saturated heterocycles. The molecule has 0 aliphatic rings. The average Bonchev–Trinajstić information content (AvgIpc) is 3.18. The Balaban J connectivity index is 3.88. The first kappa shape index (κ1) is 53.8. The van der Waals surface area contributed by atoms with Gasteiger partial charge in [-0.2, -0.15) is 0 Å². The first-order valence-electron chi connectivity index (χ1n) is 23.4. The number of hydrogen-bond donors (Lipinski definition) is 1. The van der Waals surface area contributed by atoms with Gasteiger partial charge in [0.05, 0.1) is 6.61 Å². The van der Waals surface area contributed by atoms with E-state index >= 15 is 0 Å². The number of unbranched alkanes of at least 4 members (excludes halogenated alkanes) is 31. The standard InChI is InChI=1S/C46H89O8P/c1-4-6-8-10-12-14-16-18-19-20-21-22-23-24-25-26-27-29-31-33-35-37-39-41-46(48)54-44(43-53-55(49,50)51-3)42-52-45(47)40-38-36-34-32-30-28-17-15-13-11-9-7-5-2/h20-21,44H,4-19,22-43H2,1-3H3,(H,49,50)/b21-20-. The van der Waals surface area contributed by atoms with Crippen molar-refractivity contribution in [3.8, 4) is 0 Å². The predicted octanol–water partition coefficient (Wildman–Crippen LogP) is 14.8. The SMILES string of the molecule is CCCCCCCCCC/C=C\CCCCCCCCCCCCCC(=O)OC(COC(=O)CCCCCCCCCCCCCCC)COP(=O)(O)OC. The van der Waals surface area contributed by atoms with Crippen LogP contribution in [-0.4, -0.2) is 43.3 Å². The summed E-state index contributed by atoms with van der Waals surface area (Å²) in [5, 5.41) is 0. The number of ether oxygens (including phenoxy) is 2. The zero-order chi connectivity index (χ0) is 40.3. The number of carbonyl (C=O) groups excluding carboxylic acids is 2. The Morgan fingerprint density at radius 2 is 0.818 bits per heavy atom. The van der Waals surface area contributed by atoms with E-state index in [9.17, 15) is 19.0 Å². The topological polar surface area (TPSA) is 108 Å². The van der Waals surface area contributed by atoms with Crippen molar-refractivity contribution in [3.05, 3.63) is 12.2 Å². The highest BCUT2D eigenvalue weighted by Crippen LogP contribution is 2.42. The molecule has 2 atom stereocenters. The lowest BCUT2D eigenvalue weighted by Gasteiger charge is -2.19. The highest BCUT2D eigenvalue weighted by Gasteiger charge is 2.24. The molecule has 0 aromatic carbocycles. The van der Waals surface area contributed by atoms with Crippen LogP contribution in [0.25, 0.3) is 0 Å². The maximum absolute atomic E-state index is 12.5. The number of esters is 2. The maximum atomic E-state index is 12.5. The van der Waals surface area contributed by atoms with Gasteiger partial charge in [0.1, 0.15) is 6.61 Å². The van der Waals surface area contributed by atoms with Gasteiger partial charge in [-0.05, 0) is 38.5 Å². The Bertz CT molecular complexity index is 910. The van der Waals surface area contributed by atoms with Gasteiger partial charge >= 0.3 is 19.8 Å². The Morgan fingerprint density at radius 3 is 1.18 bits per heavy atom. The van der Waals surface area contributed by atoms with E-state index in [2.05, 4.69) is 30.5 Å². The summed E-state index contributed by atoms with van der Waals surface area (Å²) in [7, 11) is -3.19. The summed E-state index contributed by atoms with van der Waals surface area (Å²) in [6.07, 6.45) is 47.0. The van der Waals surface area contributed by atoms with Crippen LogP contribution < -0.4 is 0 Å². The molecule has 0 aliphatic heterocycles. The molecule has 0 radical (unpaired) electrons. The molecule has 9 heteroatoms. The first-order chi connectivity index (χ1) is 26.8. The summed E-state index contributed by atoms with van der Waals surface area (Å²) in [5.74, 6) is -0.791. The molecule has 0 rings (SSSR count). The van der Waals surface area contributed by atoms with Crippen LogP contribution in [0.5, 0.6) is 0 Å². The Kier molecular flexibility index (Phi) is 41.5. The average molecular weight is 801 g/mol. The molecule has 1 N–H and O–H groups in total. The van der Waals surface area contributed by atoms with E-state index in [1.54, 1.807) is 0 Å². The van der Waals surface area contributed by atoms with Crippen LogP contribution in [0.15, 0.2) is 12.2 Å². The lowest BCUT2D eigenvalue weighted by molar-refractivity contribution is -0.161. The minimum atomic E-state index is -4.26. The molecular formula is C46H89O8P. The fourth-order valence-electron chi connectivity index (χ4n) is 6.89. The molecule has 8 nitrogen and oxygen atoms in total. The Hall–Kier alpha value is -1.21. The van der Waals surface area contributed by atoms with Gasteiger partial charge in [-0.3, -0.25) is 18.6 Å². The van der Waals surface area contributed by atoms with Crippen molar-refractivity contribution in [1.82, 2.24) is 0 Å². The molecule has 0 spiro atoms. The molecule has 0 aromatic rings. The fraction of sp³-hybridized carbons (Fsp3) is 0.913. The smallest absolute Gasteiger partial charge is 0.462 e. The van der Waals surface area contributed by atoms with E-state index in [4.69, 9.17) is 14.0 Å². The number of allylic oxidation sites excluding steroid dienone is 2. The third-order valence-electron chi connectivity index (χ3n) is 10.5. The van der Waals surface area contributed by atoms with Crippen LogP contribution in [0.4, 0.5) is 0 Å². The fourth-order valence-corrected chi connectivity index (χ4v) is 7.35. The van der Waals surface area contributed by atoms with E-state index in [0.29, 0.717) is 6.42 Å². The lowest BCUT2D eigenvalue weighted by Crippen LogP contribution is -2.29. The van der Waals surface area contributed by atoms with Crippen molar-refractivity contribution in [2.45, 2.75) is 251 Å². The van der Waals surface area contributed by atoms with Crippen molar-refractivity contribution < 1.29 is 37.6 Å². The number of carbonyl (C=O) groups is 2. The highest BCUT2D eigenvalue weighted by molar-refractivity contribution is 7.47. The predicted molar refractivity (Wildman–Crippen MR) is 230 cm³/mol.